The number of amides is 1. The molecule has 1 amide bonds. The van der Waals surface area contributed by atoms with Crippen molar-refractivity contribution in [2.75, 3.05) is 30.3 Å². The Morgan fingerprint density at radius 1 is 1.35 bits per heavy atom. The van der Waals surface area contributed by atoms with Gasteiger partial charge in [-0.2, -0.15) is 4.98 Å². The standard InChI is InChI=1S/C21H25N5O2.CH2O2/c1-13-10-19(25-21(22)24-13)26-9-3-4-14(12-26)11-23-20(28)17-6-2-5-16-15(17)7-8-18(16)27;2-1-3/h2,5-6,10,14H,3-4,7-9,11-12H2,1H3,(H,23,28)(H2,22,24,25);1H,(H,2,3). The zero-order chi connectivity index (χ0) is 22.4. The normalized spacial score (nSPS) is 17.4. The summed E-state index contributed by atoms with van der Waals surface area (Å²) in [6, 6.07) is 7.37. The zero-order valence-corrected chi connectivity index (χ0v) is 17.5. The lowest BCUT2D eigenvalue weighted by molar-refractivity contribution is -0.122. The van der Waals surface area contributed by atoms with Gasteiger partial charge in [0.15, 0.2) is 5.78 Å². The summed E-state index contributed by atoms with van der Waals surface area (Å²) in [6.07, 6.45) is 3.25. The molecule has 1 fully saturated rings. The third kappa shape index (κ3) is 5.36. The Balaban J connectivity index is 0.000000858. The van der Waals surface area contributed by atoms with Gasteiger partial charge in [0, 0.05) is 48.9 Å². The van der Waals surface area contributed by atoms with Gasteiger partial charge in [0.2, 0.25) is 5.95 Å². The molecule has 9 heteroatoms. The van der Waals surface area contributed by atoms with Crippen LogP contribution in [0.15, 0.2) is 24.3 Å². The van der Waals surface area contributed by atoms with Gasteiger partial charge in [-0.3, -0.25) is 14.4 Å². The van der Waals surface area contributed by atoms with Crippen molar-refractivity contribution < 1.29 is 19.5 Å². The van der Waals surface area contributed by atoms with Crippen molar-refractivity contribution in [2.24, 2.45) is 5.92 Å². The second-order valence-electron chi connectivity index (χ2n) is 7.75. The molecule has 1 aliphatic carbocycles. The van der Waals surface area contributed by atoms with Crippen molar-refractivity contribution >= 4 is 29.9 Å². The molecule has 2 aliphatic rings. The molecule has 164 valence electrons. The minimum absolute atomic E-state index is 0.0919. The molecule has 2 aromatic rings. The molecule has 2 heterocycles. The highest BCUT2D eigenvalue weighted by Gasteiger charge is 2.26. The van der Waals surface area contributed by atoms with Crippen LogP contribution < -0.4 is 16.0 Å². The van der Waals surface area contributed by atoms with Crippen LogP contribution in [0.5, 0.6) is 0 Å². The molecule has 1 aromatic carbocycles. The fourth-order valence-corrected chi connectivity index (χ4v) is 4.21. The van der Waals surface area contributed by atoms with E-state index in [-0.39, 0.29) is 24.1 Å². The van der Waals surface area contributed by atoms with Crippen molar-refractivity contribution in [1.29, 1.82) is 0 Å². The van der Waals surface area contributed by atoms with Crippen LogP contribution >= 0.6 is 0 Å². The maximum absolute atomic E-state index is 12.7. The first kappa shape index (κ1) is 22.2. The summed E-state index contributed by atoms with van der Waals surface area (Å²) in [5.41, 5.74) is 8.87. The number of nitrogens with zero attached hydrogens (tertiary/aromatic N) is 3. The third-order valence-corrected chi connectivity index (χ3v) is 5.58. The van der Waals surface area contributed by atoms with Gasteiger partial charge in [-0.25, -0.2) is 4.98 Å². The number of anilines is 2. The Morgan fingerprint density at radius 3 is 2.87 bits per heavy atom. The average molecular weight is 425 g/mol. The summed E-state index contributed by atoms with van der Waals surface area (Å²) in [4.78, 5) is 43.7. The van der Waals surface area contributed by atoms with Crippen molar-refractivity contribution in [3.05, 3.63) is 46.6 Å². The number of carboxylic acid groups (broad SMARTS) is 1. The lowest BCUT2D eigenvalue weighted by Gasteiger charge is -2.33. The number of nitrogens with one attached hydrogen (secondary N) is 1. The largest absolute Gasteiger partial charge is 0.483 e. The summed E-state index contributed by atoms with van der Waals surface area (Å²) in [5, 5.41) is 9.96. The fraction of sp³-hybridized carbons (Fsp3) is 0.409. The first-order valence-corrected chi connectivity index (χ1v) is 10.3. The molecule has 1 atom stereocenters. The topological polar surface area (TPSA) is 139 Å². The van der Waals surface area contributed by atoms with E-state index in [1.54, 1.807) is 6.07 Å². The van der Waals surface area contributed by atoms with E-state index >= 15 is 0 Å². The highest BCUT2D eigenvalue weighted by atomic mass is 16.3. The molecule has 1 saturated heterocycles. The number of carbonyl (C=O) groups excluding carboxylic acids is 2. The third-order valence-electron chi connectivity index (χ3n) is 5.58. The van der Waals surface area contributed by atoms with Crippen molar-refractivity contribution in [2.45, 2.75) is 32.6 Å². The summed E-state index contributed by atoms with van der Waals surface area (Å²) < 4.78 is 0. The number of nitrogen functional groups attached to an aromatic ring is 1. The molecule has 1 aliphatic heterocycles. The summed E-state index contributed by atoms with van der Waals surface area (Å²) in [5.74, 6) is 1.52. The quantitative estimate of drug-likeness (QED) is 0.631. The van der Waals surface area contributed by atoms with E-state index < -0.39 is 0 Å². The Bertz CT molecular complexity index is 958. The average Bonchev–Trinajstić information content (AvgIpc) is 3.13. The fourth-order valence-electron chi connectivity index (χ4n) is 4.21. The molecule has 1 unspecified atom stereocenters. The van der Waals surface area contributed by atoms with Crippen LogP contribution in [-0.2, 0) is 11.2 Å². The molecule has 4 rings (SSSR count). The Labute approximate surface area is 180 Å². The van der Waals surface area contributed by atoms with Crippen molar-refractivity contribution in [3.63, 3.8) is 0 Å². The van der Waals surface area contributed by atoms with Gasteiger partial charge >= 0.3 is 0 Å². The molecule has 4 N–H and O–H groups in total. The number of aryl methyl sites for hydroxylation is 1. The van der Waals surface area contributed by atoms with Gasteiger partial charge in [0.25, 0.3) is 12.4 Å². The summed E-state index contributed by atoms with van der Waals surface area (Å²) in [6.45, 7) is 4.01. The minimum atomic E-state index is -0.250. The number of aromatic nitrogens is 2. The smallest absolute Gasteiger partial charge is 0.290 e. The van der Waals surface area contributed by atoms with Gasteiger partial charge in [-0.1, -0.05) is 12.1 Å². The van der Waals surface area contributed by atoms with E-state index in [1.807, 2.05) is 25.1 Å². The highest BCUT2D eigenvalue weighted by Crippen LogP contribution is 2.26. The Hall–Kier alpha value is -3.49. The number of ketones is 1. The van der Waals surface area contributed by atoms with Crippen LogP contribution in [0.4, 0.5) is 11.8 Å². The molecular weight excluding hydrogens is 398 g/mol. The summed E-state index contributed by atoms with van der Waals surface area (Å²) >= 11 is 0. The molecule has 0 spiro atoms. The number of rotatable bonds is 4. The van der Waals surface area contributed by atoms with E-state index in [0.717, 1.165) is 43.0 Å². The highest BCUT2D eigenvalue weighted by molar-refractivity contribution is 6.05. The van der Waals surface area contributed by atoms with Gasteiger partial charge in [0.1, 0.15) is 5.82 Å². The second-order valence-corrected chi connectivity index (χ2v) is 7.75. The zero-order valence-electron chi connectivity index (χ0n) is 17.5. The second kappa shape index (κ2) is 10.0. The van der Waals surface area contributed by atoms with Crippen molar-refractivity contribution in [3.8, 4) is 0 Å². The Kier molecular flexibility index (Phi) is 7.17. The van der Waals surface area contributed by atoms with Crippen LogP contribution in [0.2, 0.25) is 0 Å². The maximum atomic E-state index is 12.7. The van der Waals surface area contributed by atoms with Crippen LogP contribution in [0.3, 0.4) is 0 Å². The summed E-state index contributed by atoms with van der Waals surface area (Å²) in [7, 11) is 0. The Morgan fingerprint density at radius 2 is 2.13 bits per heavy atom. The number of fused-ring (bicyclic) bond motifs is 1. The first-order chi connectivity index (χ1) is 14.9. The number of benzene rings is 1. The van der Waals surface area contributed by atoms with Crippen LogP contribution in [-0.4, -0.2) is 52.9 Å². The van der Waals surface area contributed by atoms with Gasteiger partial charge in [0.05, 0.1) is 0 Å². The van der Waals surface area contributed by atoms with Crippen LogP contribution in [0, 0.1) is 12.8 Å². The maximum Gasteiger partial charge on any atom is 0.290 e. The molecule has 0 radical (unpaired) electrons. The molecular formula is C22H27N5O4. The molecule has 1 aromatic heterocycles. The SMILES string of the molecule is Cc1cc(N2CCCC(CNC(=O)c3cccc4c3CCC4=O)C2)nc(N)n1.O=CO. The van der Waals surface area contributed by atoms with E-state index in [2.05, 4.69) is 20.2 Å². The number of nitrogens with two attached hydrogens (primary N) is 1. The lowest BCUT2D eigenvalue weighted by atomic mass is 9.97. The predicted octanol–water partition coefficient (Wildman–Crippen LogP) is 1.84. The number of carbonyl (C=O) groups is 3. The predicted molar refractivity (Wildman–Crippen MR) is 116 cm³/mol. The van der Waals surface area contributed by atoms with E-state index in [4.69, 9.17) is 15.6 Å². The molecule has 0 bridgehead atoms. The minimum Gasteiger partial charge on any atom is -0.483 e. The number of hydrogen-bond acceptors (Lipinski definition) is 7. The van der Waals surface area contributed by atoms with Gasteiger partial charge in [-0.05, 0) is 43.7 Å². The lowest BCUT2D eigenvalue weighted by Crippen LogP contribution is -2.41. The molecule has 0 saturated carbocycles. The van der Waals surface area contributed by atoms with E-state index in [1.165, 1.54) is 0 Å². The molecule has 31 heavy (non-hydrogen) atoms. The first-order valence-electron chi connectivity index (χ1n) is 10.3. The number of piperidine rings is 1. The van der Waals surface area contributed by atoms with Gasteiger partial charge < -0.3 is 21.1 Å². The number of Topliss-reactive ketones (excluding diaryl/α,β-unsaturated/α-hetero) is 1. The van der Waals surface area contributed by atoms with Crippen LogP contribution in [0.1, 0.15) is 51.2 Å². The monoisotopic (exact) mass is 425 g/mol. The van der Waals surface area contributed by atoms with Crippen molar-refractivity contribution in [1.82, 2.24) is 15.3 Å². The van der Waals surface area contributed by atoms with E-state index in [0.29, 0.717) is 36.4 Å². The van der Waals surface area contributed by atoms with Crippen LogP contribution in [0.25, 0.3) is 0 Å². The van der Waals surface area contributed by atoms with E-state index in [9.17, 15) is 9.59 Å². The van der Waals surface area contributed by atoms with Gasteiger partial charge in [-0.15, -0.1) is 0 Å². The number of hydrogen-bond donors (Lipinski definition) is 3. The molecule has 9 nitrogen and oxygen atoms in total.